The van der Waals surface area contributed by atoms with Crippen LogP contribution in [0.4, 0.5) is 0 Å². The van der Waals surface area contributed by atoms with Crippen LogP contribution in [0.25, 0.3) is 0 Å². The third-order valence-corrected chi connectivity index (χ3v) is 5.24. The Hall–Kier alpha value is -2.04. The molecule has 0 unspecified atom stereocenters. The largest absolute Gasteiger partial charge is 0.493 e. The van der Waals surface area contributed by atoms with Crippen LogP contribution in [0.5, 0.6) is 5.75 Å². The molecule has 0 radical (unpaired) electrons. The number of aryl methyl sites for hydroxylation is 1. The molecule has 0 bridgehead atoms. The second kappa shape index (κ2) is 7.89. The number of carbonyl (C=O) groups excluding carboxylic acids is 2. The fourth-order valence-corrected chi connectivity index (χ4v) is 3.27. The van der Waals surface area contributed by atoms with Gasteiger partial charge in [-0.1, -0.05) is 12.1 Å². The summed E-state index contributed by atoms with van der Waals surface area (Å²) < 4.78 is 5.75. The van der Waals surface area contributed by atoms with Gasteiger partial charge in [-0.05, 0) is 56.7 Å². The van der Waals surface area contributed by atoms with Crippen LogP contribution in [0.15, 0.2) is 18.2 Å². The number of nitrogens with one attached hydrogen (secondary N) is 1. The molecule has 1 aliphatic heterocycles. The first kappa shape index (κ1) is 17.8. The van der Waals surface area contributed by atoms with Crippen LogP contribution >= 0.6 is 0 Å². The van der Waals surface area contributed by atoms with Gasteiger partial charge >= 0.3 is 0 Å². The van der Waals surface area contributed by atoms with Gasteiger partial charge in [0.2, 0.25) is 11.8 Å². The van der Waals surface area contributed by atoms with Crippen molar-refractivity contribution in [3.63, 3.8) is 0 Å². The average molecular weight is 344 g/mol. The third-order valence-electron chi connectivity index (χ3n) is 5.24. The smallest absolute Gasteiger partial charge is 0.225 e. The van der Waals surface area contributed by atoms with Gasteiger partial charge in [0.15, 0.2) is 0 Å². The zero-order valence-corrected chi connectivity index (χ0v) is 15.2. The maximum absolute atomic E-state index is 12.1. The molecule has 2 fully saturated rings. The molecule has 1 aromatic carbocycles. The molecular formula is C20H28N2O3. The molecule has 3 rings (SSSR count). The predicted molar refractivity (Wildman–Crippen MR) is 96.5 cm³/mol. The maximum Gasteiger partial charge on any atom is 0.225 e. The molecule has 1 aromatic rings. The number of piperidine rings is 1. The van der Waals surface area contributed by atoms with Crippen LogP contribution in [0.2, 0.25) is 0 Å². The van der Waals surface area contributed by atoms with E-state index in [9.17, 15) is 9.59 Å². The van der Waals surface area contributed by atoms with Gasteiger partial charge in [0.05, 0.1) is 13.0 Å². The van der Waals surface area contributed by atoms with Crippen molar-refractivity contribution in [3.8, 4) is 5.75 Å². The van der Waals surface area contributed by atoms with Crippen LogP contribution in [-0.2, 0) is 9.59 Å². The van der Waals surface area contributed by atoms with Crippen molar-refractivity contribution in [1.82, 2.24) is 10.2 Å². The highest BCUT2D eigenvalue weighted by Gasteiger charge is 2.35. The zero-order valence-electron chi connectivity index (χ0n) is 15.2. The number of likely N-dealkylation sites (tertiary alicyclic amines) is 1. The van der Waals surface area contributed by atoms with E-state index in [-0.39, 0.29) is 17.9 Å². The second-order valence-corrected chi connectivity index (χ2v) is 7.24. The molecule has 0 atom stereocenters. The SMILES string of the molecule is Cc1cccc(OCCC(=O)NC2CCN(C(=O)C3CC3)CC2)c1C. The minimum atomic E-state index is 0.0253. The van der Waals surface area contributed by atoms with Gasteiger partial charge in [-0.25, -0.2) is 0 Å². The van der Waals surface area contributed by atoms with E-state index in [0.717, 1.165) is 50.1 Å². The lowest BCUT2D eigenvalue weighted by atomic mass is 10.0. The molecule has 0 spiro atoms. The van der Waals surface area contributed by atoms with Crippen molar-refractivity contribution in [3.05, 3.63) is 29.3 Å². The van der Waals surface area contributed by atoms with Crippen molar-refractivity contribution >= 4 is 11.8 Å². The van der Waals surface area contributed by atoms with Gasteiger partial charge in [0.1, 0.15) is 5.75 Å². The number of hydrogen-bond acceptors (Lipinski definition) is 3. The fraction of sp³-hybridized carbons (Fsp3) is 0.600. The van der Waals surface area contributed by atoms with Gasteiger partial charge in [-0.2, -0.15) is 0 Å². The lowest BCUT2D eigenvalue weighted by Crippen LogP contribution is -2.47. The first-order valence-electron chi connectivity index (χ1n) is 9.32. The van der Waals surface area contributed by atoms with E-state index in [2.05, 4.69) is 18.3 Å². The Bertz CT molecular complexity index is 632. The topological polar surface area (TPSA) is 58.6 Å². The minimum absolute atomic E-state index is 0.0253. The Morgan fingerprint density at radius 3 is 2.56 bits per heavy atom. The van der Waals surface area contributed by atoms with Crippen LogP contribution < -0.4 is 10.1 Å². The molecule has 1 saturated carbocycles. The molecule has 1 heterocycles. The van der Waals surface area contributed by atoms with Gasteiger partial charge in [0.25, 0.3) is 0 Å². The lowest BCUT2D eigenvalue weighted by Gasteiger charge is -2.32. The highest BCUT2D eigenvalue weighted by atomic mass is 16.5. The Balaban J connectivity index is 1.35. The molecule has 1 saturated heterocycles. The van der Waals surface area contributed by atoms with Crippen molar-refractivity contribution in [2.75, 3.05) is 19.7 Å². The molecule has 0 aromatic heterocycles. The summed E-state index contributed by atoms with van der Waals surface area (Å²) in [5.41, 5.74) is 2.31. The molecule has 1 aliphatic carbocycles. The highest BCUT2D eigenvalue weighted by Crippen LogP contribution is 2.31. The molecule has 1 N–H and O–H groups in total. The predicted octanol–water partition coefficient (Wildman–Crippen LogP) is 2.59. The van der Waals surface area contributed by atoms with Gasteiger partial charge in [-0.3, -0.25) is 9.59 Å². The molecule has 136 valence electrons. The Morgan fingerprint density at radius 2 is 1.88 bits per heavy atom. The number of ether oxygens (including phenoxy) is 1. The summed E-state index contributed by atoms with van der Waals surface area (Å²) >= 11 is 0. The van der Waals surface area contributed by atoms with E-state index in [1.165, 1.54) is 5.56 Å². The van der Waals surface area contributed by atoms with Crippen molar-refractivity contribution in [2.45, 2.75) is 52.0 Å². The number of hydrogen-bond donors (Lipinski definition) is 1. The minimum Gasteiger partial charge on any atom is -0.493 e. The van der Waals surface area contributed by atoms with Gasteiger partial charge in [-0.15, -0.1) is 0 Å². The highest BCUT2D eigenvalue weighted by molar-refractivity contribution is 5.81. The normalized spacial score (nSPS) is 18.1. The summed E-state index contributed by atoms with van der Waals surface area (Å²) in [6.45, 7) is 5.99. The van der Waals surface area contributed by atoms with Crippen LogP contribution in [0, 0.1) is 19.8 Å². The Labute approximate surface area is 149 Å². The number of amides is 2. The summed E-state index contributed by atoms with van der Waals surface area (Å²) in [5.74, 6) is 1.47. The maximum atomic E-state index is 12.1. The summed E-state index contributed by atoms with van der Waals surface area (Å²) in [5, 5.41) is 3.08. The molecule has 2 amide bonds. The van der Waals surface area contributed by atoms with Gasteiger partial charge < -0.3 is 15.0 Å². The molecule has 2 aliphatic rings. The summed E-state index contributed by atoms with van der Waals surface area (Å²) in [4.78, 5) is 26.1. The molecule has 25 heavy (non-hydrogen) atoms. The first-order chi connectivity index (χ1) is 12.0. The standard InChI is InChI=1S/C20H28N2O3/c1-14-4-3-5-18(15(14)2)25-13-10-19(23)21-17-8-11-22(12-9-17)20(24)16-6-7-16/h3-5,16-17H,6-13H2,1-2H3,(H,21,23). The van der Waals surface area contributed by atoms with Crippen LogP contribution in [-0.4, -0.2) is 42.5 Å². The molecule has 5 nitrogen and oxygen atoms in total. The quantitative estimate of drug-likeness (QED) is 0.863. The summed E-state index contributed by atoms with van der Waals surface area (Å²) in [7, 11) is 0. The van der Waals surface area contributed by atoms with E-state index in [1.807, 2.05) is 24.0 Å². The van der Waals surface area contributed by atoms with E-state index in [4.69, 9.17) is 4.74 Å². The first-order valence-corrected chi connectivity index (χ1v) is 9.32. The Kier molecular flexibility index (Phi) is 5.61. The molecule has 5 heteroatoms. The lowest BCUT2D eigenvalue weighted by molar-refractivity contribution is -0.133. The average Bonchev–Trinajstić information content (AvgIpc) is 3.44. The number of rotatable bonds is 6. The fourth-order valence-electron chi connectivity index (χ4n) is 3.27. The summed E-state index contributed by atoms with van der Waals surface area (Å²) in [6, 6.07) is 6.13. The number of nitrogens with zero attached hydrogens (tertiary/aromatic N) is 1. The Morgan fingerprint density at radius 1 is 1.16 bits per heavy atom. The zero-order chi connectivity index (χ0) is 17.8. The van der Waals surface area contributed by atoms with Crippen molar-refractivity contribution < 1.29 is 14.3 Å². The second-order valence-electron chi connectivity index (χ2n) is 7.24. The van der Waals surface area contributed by atoms with E-state index < -0.39 is 0 Å². The van der Waals surface area contributed by atoms with Crippen molar-refractivity contribution in [1.29, 1.82) is 0 Å². The number of benzene rings is 1. The number of carbonyl (C=O) groups is 2. The van der Waals surface area contributed by atoms with E-state index in [0.29, 0.717) is 18.9 Å². The van der Waals surface area contributed by atoms with Gasteiger partial charge in [0, 0.05) is 25.0 Å². The monoisotopic (exact) mass is 344 g/mol. The van der Waals surface area contributed by atoms with Crippen LogP contribution in [0.1, 0.15) is 43.2 Å². The third kappa shape index (κ3) is 4.74. The van der Waals surface area contributed by atoms with Crippen molar-refractivity contribution in [2.24, 2.45) is 5.92 Å². The van der Waals surface area contributed by atoms with E-state index >= 15 is 0 Å². The summed E-state index contributed by atoms with van der Waals surface area (Å²) in [6.07, 6.45) is 4.16. The van der Waals surface area contributed by atoms with E-state index in [1.54, 1.807) is 0 Å². The molecular weight excluding hydrogens is 316 g/mol. The van der Waals surface area contributed by atoms with Crippen LogP contribution in [0.3, 0.4) is 0 Å².